The van der Waals surface area contributed by atoms with Crippen molar-refractivity contribution in [2.45, 2.75) is 33.2 Å². The van der Waals surface area contributed by atoms with Gasteiger partial charge in [0.25, 0.3) is 0 Å². The van der Waals surface area contributed by atoms with Crippen LogP contribution in [0.2, 0.25) is 0 Å². The first-order valence-corrected chi connectivity index (χ1v) is 4.11. The van der Waals surface area contributed by atoms with Gasteiger partial charge in [-0.2, -0.15) is 0 Å². The molecule has 5 heteroatoms. The molecule has 0 fully saturated rings. The van der Waals surface area contributed by atoms with E-state index in [9.17, 15) is 4.79 Å². The minimum atomic E-state index is -0.809. The summed E-state index contributed by atoms with van der Waals surface area (Å²) in [4.78, 5) is 11.3. The molecule has 76 valence electrons. The number of carbonyl (C=O) groups is 1. The number of hydrogen-bond acceptors (Lipinski definition) is 3. The molecule has 0 aromatic rings. The maximum absolute atomic E-state index is 11.3. The molecule has 0 spiro atoms. The molecule has 1 amide bonds. The third kappa shape index (κ3) is 3.31. The Kier molecular flexibility index (Phi) is 3.71. The first-order valence-electron chi connectivity index (χ1n) is 4.11. The van der Waals surface area contributed by atoms with Gasteiger partial charge >= 0.3 is 0 Å². The number of rotatable bonds is 3. The monoisotopic (exact) mass is 187 g/mol. The Morgan fingerprint density at radius 1 is 1.54 bits per heavy atom. The van der Waals surface area contributed by atoms with Crippen molar-refractivity contribution in [3.8, 4) is 0 Å². The Hall–Kier alpha value is -1.26. The van der Waals surface area contributed by atoms with E-state index >= 15 is 0 Å². The maximum Gasteiger partial charge on any atom is 0.223 e. The lowest BCUT2D eigenvalue weighted by molar-refractivity contribution is -0.124. The molecule has 0 radical (unpaired) electrons. The summed E-state index contributed by atoms with van der Waals surface area (Å²) in [5.74, 6) is -0.260. The normalized spacial score (nSPS) is 13.2. The van der Waals surface area contributed by atoms with Gasteiger partial charge in [-0.15, -0.1) is 0 Å². The van der Waals surface area contributed by atoms with Crippen LogP contribution in [0.15, 0.2) is 5.16 Å². The number of hydrogen-bond donors (Lipinski definition) is 3. The highest BCUT2D eigenvalue weighted by Crippen LogP contribution is 2.04. The molecule has 0 bridgehead atoms. The average Bonchev–Trinajstić information content (AvgIpc) is 2.01. The lowest BCUT2D eigenvalue weighted by Gasteiger charge is -2.25. The van der Waals surface area contributed by atoms with Crippen molar-refractivity contribution in [1.29, 1.82) is 0 Å². The molecule has 0 aliphatic rings. The smallest absolute Gasteiger partial charge is 0.223 e. The van der Waals surface area contributed by atoms with Gasteiger partial charge in [-0.3, -0.25) is 4.79 Å². The molecule has 13 heavy (non-hydrogen) atoms. The summed E-state index contributed by atoms with van der Waals surface area (Å²) in [6.07, 6.45) is 0. The molecule has 0 rings (SSSR count). The summed E-state index contributed by atoms with van der Waals surface area (Å²) in [6.45, 7) is 6.89. The van der Waals surface area contributed by atoms with E-state index in [0.717, 1.165) is 0 Å². The van der Waals surface area contributed by atoms with Crippen molar-refractivity contribution in [3.05, 3.63) is 0 Å². The minimum Gasteiger partial charge on any atom is -0.409 e. The van der Waals surface area contributed by atoms with Crippen LogP contribution in [0.5, 0.6) is 0 Å². The first-order chi connectivity index (χ1) is 5.81. The van der Waals surface area contributed by atoms with Gasteiger partial charge in [0.05, 0.1) is 5.54 Å². The number of nitrogens with two attached hydrogens (primary N) is 1. The maximum atomic E-state index is 11.3. The van der Waals surface area contributed by atoms with Crippen LogP contribution in [0.4, 0.5) is 0 Å². The van der Waals surface area contributed by atoms with Gasteiger partial charge in [0.2, 0.25) is 5.91 Å². The zero-order chi connectivity index (χ0) is 10.6. The van der Waals surface area contributed by atoms with Gasteiger partial charge in [0.15, 0.2) is 5.84 Å². The second kappa shape index (κ2) is 4.11. The number of nitrogens with zero attached hydrogens (tertiary/aromatic N) is 1. The fourth-order valence-electron chi connectivity index (χ4n) is 0.641. The topological polar surface area (TPSA) is 87.7 Å². The molecular weight excluding hydrogens is 170 g/mol. The van der Waals surface area contributed by atoms with E-state index in [0.29, 0.717) is 0 Å². The van der Waals surface area contributed by atoms with Crippen LogP contribution in [0.1, 0.15) is 27.7 Å². The average molecular weight is 187 g/mol. The van der Waals surface area contributed by atoms with E-state index in [1.54, 1.807) is 27.7 Å². The summed E-state index contributed by atoms with van der Waals surface area (Å²) in [6, 6.07) is 0. The van der Waals surface area contributed by atoms with E-state index in [-0.39, 0.29) is 17.7 Å². The summed E-state index contributed by atoms with van der Waals surface area (Å²) >= 11 is 0. The van der Waals surface area contributed by atoms with E-state index in [4.69, 9.17) is 10.9 Å². The molecule has 0 unspecified atom stereocenters. The number of carbonyl (C=O) groups excluding carboxylic acids is 1. The van der Waals surface area contributed by atoms with Crippen molar-refractivity contribution in [2.24, 2.45) is 16.8 Å². The zero-order valence-electron chi connectivity index (χ0n) is 8.46. The van der Waals surface area contributed by atoms with Crippen LogP contribution >= 0.6 is 0 Å². The second-order valence-electron chi connectivity index (χ2n) is 3.75. The van der Waals surface area contributed by atoms with Gasteiger partial charge in [-0.05, 0) is 13.8 Å². The van der Waals surface area contributed by atoms with Crippen LogP contribution in [0.25, 0.3) is 0 Å². The predicted molar refractivity (Wildman–Crippen MR) is 50.5 cm³/mol. The lowest BCUT2D eigenvalue weighted by atomic mass is 10.0. The standard InChI is InChI=1S/C8H17N3O2/c1-5(2)6(12)10-8(3,4)7(9)11-13/h5,13H,1-4H3,(H2,9,11)(H,10,12). The Morgan fingerprint density at radius 3 is 2.31 bits per heavy atom. The highest BCUT2D eigenvalue weighted by Gasteiger charge is 2.26. The molecule has 0 heterocycles. The van der Waals surface area contributed by atoms with Crippen LogP contribution in [-0.4, -0.2) is 22.5 Å². The molecular formula is C8H17N3O2. The molecule has 0 saturated heterocycles. The highest BCUT2D eigenvalue weighted by molar-refractivity contribution is 5.93. The molecule has 0 atom stereocenters. The number of amides is 1. The number of oxime groups is 1. The Labute approximate surface area is 78.0 Å². The summed E-state index contributed by atoms with van der Waals surface area (Å²) in [5.41, 5.74) is 4.58. The van der Waals surface area contributed by atoms with Crippen molar-refractivity contribution < 1.29 is 10.0 Å². The Bertz CT molecular complexity index is 221. The fraction of sp³-hybridized carbons (Fsp3) is 0.750. The van der Waals surface area contributed by atoms with Gasteiger partial charge in [0.1, 0.15) is 0 Å². The van der Waals surface area contributed by atoms with Crippen molar-refractivity contribution in [2.75, 3.05) is 0 Å². The van der Waals surface area contributed by atoms with Crippen LogP contribution in [0, 0.1) is 5.92 Å². The third-order valence-corrected chi connectivity index (χ3v) is 1.71. The SMILES string of the molecule is CC(C)C(=O)NC(C)(C)/C(N)=N/O. The molecule has 0 aromatic heterocycles. The highest BCUT2D eigenvalue weighted by atomic mass is 16.4. The van der Waals surface area contributed by atoms with Crippen LogP contribution in [0.3, 0.4) is 0 Å². The summed E-state index contributed by atoms with van der Waals surface area (Å²) in [7, 11) is 0. The van der Waals surface area contributed by atoms with E-state index < -0.39 is 5.54 Å². The lowest BCUT2D eigenvalue weighted by Crippen LogP contribution is -2.54. The summed E-state index contributed by atoms with van der Waals surface area (Å²) < 4.78 is 0. The molecule has 0 aliphatic heterocycles. The first kappa shape index (κ1) is 11.7. The molecule has 0 aliphatic carbocycles. The predicted octanol–water partition coefficient (Wildman–Crippen LogP) is 0.284. The van der Waals surface area contributed by atoms with E-state index in [1.807, 2.05) is 0 Å². The quantitative estimate of drug-likeness (QED) is 0.257. The van der Waals surface area contributed by atoms with Crippen molar-refractivity contribution in [1.82, 2.24) is 5.32 Å². The van der Waals surface area contributed by atoms with Crippen molar-refractivity contribution >= 4 is 11.7 Å². The zero-order valence-corrected chi connectivity index (χ0v) is 8.46. The molecule has 0 aromatic carbocycles. The molecule has 4 N–H and O–H groups in total. The molecule has 5 nitrogen and oxygen atoms in total. The van der Waals surface area contributed by atoms with Gasteiger partial charge in [0, 0.05) is 5.92 Å². The van der Waals surface area contributed by atoms with Gasteiger partial charge in [-0.1, -0.05) is 19.0 Å². The fourth-order valence-corrected chi connectivity index (χ4v) is 0.641. The van der Waals surface area contributed by atoms with Crippen LogP contribution < -0.4 is 11.1 Å². The van der Waals surface area contributed by atoms with Crippen LogP contribution in [-0.2, 0) is 4.79 Å². The van der Waals surface area contributed by atoms with E-state index in [2.05, 4.69) is 10.5 Å². The van der Waals surface area contributed by atoms with Gasteiger partial charge < -0.3 is 16.3 Å². The van der Waals surface area contributed by atoms with Gasteiger partial charge in [-0.25, -0.2) is 0 Å². The van der Waals surface area contributed by atoms with Crippen molar-refractivity contribution in [3.63, 3.8) is 0 Å². The third-order valence-electron chi connectivity index (χ3n) is 1.71. The number of amidine groups is 1. The molecule has 0 saturated carbocycles. The Morgan fingerprint density at radius 2 is 2.00 bits per heavy atom. The second-order valence-corrected chi connectivity index (χ2v) is 3.75. The van der Waals surface area contributed by atoms with E-state index in [1.165, 1.54) is 0 Å². The Balaban J connectivity index is 4.43. The summed E-state index contributed by atoms with van der Waals surface area (Å²) in [5, 5.41) is 13.9. The minimum absolute atomic E-state index is 0.0125. The number of nitrogens with one attached hydrogen (secondary N) is 1. The largest absolute Gasteiger partial charge is 0.409 e.